The van der Waals surface area contributed by atoms with Crippen LogP contribution in [0.5, 0.6) is 5.75 Å². The zero-order chi connectivity index (χ0) is 19.5. The molecule has 0 unspecified atom stereocenters. The third-order valence-electron chi connectivity index (χ3n) is 4.12. The van der Waals surface area contributed by atoms with Crippen LogP contribution in [-0.4, -0.2) is 30.8 Å². The Hall–Kier alpha value is -2.47. The lowest BCUT2D eigenvalue weighted by Crippen LogP contribution is -2.19. The van der Waals surface area contributed by atoms with Crippen molar-refractivity contribution in [2.75, 3.05) is 19.7 Å². The molecule has 0 radical (unpaired) electrons. The Balaban J connectivity index is 1.61. The predicted molar refractivity (Wildman–Crippen MR) is 100 cm³/mol. The summed E-state index contributed by atoms with van der Waals surface area (Å²) in [6.45, 7) is 1.79. The van der Waals surface area contributed by atoms with E-state index in [-0.39, 0.29) is 6.42 Å². The number of carbonyl (C=O) groups is 1. The van der Waals surface area contributed by atoms with Crippen LogP contribution in [0.2, 0.25) is 0 Å². The van der Waals surface area contributed by atoms with Crippen LogP contribution >= 0.6 is 0 Å². The topological polar surface area (TPSA) is 58.6 Å². The van der Waals surface area contributed by atoms with Crippen molar-refractivity contribution in [3.05, 3.63) is 65.2 Å². The Morgan fingerprint density at radius 1 is 0.926 bits per heavy atom. The molecule has 146 valence electrons. The maximum atomic E-state index is 13.1. The van der Waals surface area contributed by atoms with E-state index in [1.54, 1.807) is 6.07 Å². The summed E-state index contributed by atoms with van der Waals surface area (Å²) in [6, 6.07) is 11.8. The third kappa shape index (κ3) is 8.17. The van der Waals surface area contributed by atoms with Crippen LogP contribution in [0.3, 0.4) is 0 Å². The van der Waals surface area contributed by atoms with E-state index in [4.69, 9.17) is 9.84 Å². The Bertz CT molecular complexity index is 720. The molecule has 27 heavy (non-hydrogen) atoms. The number of halogens is 2. The molecular formula is C21H25F2NO3. The van der Waals surface area contributed by atoms with Crippen molar-refractivity contribution in [2.24, 2.45) is 0 Å². The number of ether oxygens (including phenoxy) is 1. The number of aryl methyl sites for hydroxylation is 2. The van der Waals surface area contributed by atoms with Gasteiger partial charge < -0.3 is 15.2 Å². The summed E-state index contributed by atoms with van der Waals surface area (Å²) in [5.74, 6) is -1.65. The van der Waals surface area contributed by atoms with E-state index in [2.05, 4.69) is 5.32 Å². The first-order valence-electron chi connectivity index (χ1n) is 9.13. The molecule has 0 aliphatic rings. The van der Waals surface area contributed by atoms with Crippen molar-refractivity contribution in [1.82, 2.24) is 5.32 Å². The van der Waals surface area contributed by atoms with Crippen LogP contribution in [0.25, 0.3) is 0 Å². The number of benzene rings is 2. The number of hydrogen-bond donors (Lipinski definition) is 2. The molecule has 6 heteroatoms. The molecule has 0 heterocycles. The van der Waals surface area contributed by atoms with E-state index in [1.807, 2.05) is 24.3 Å². The molecule has 0 spiro atoms. The normalized spacial score (nSPS) is 10.7. The second kappa shape index (κ2) is 11.3. The zero-order valence-corrected chi connectivity index (χ0v) is 15.2. The lowest BCUT2D eigenvalue weighted by molar-refractivity contribution is -0.136. The van der Waals surface area contributed by atoms with Gasteiger partial charge in [0, 0.05) is 6.54 Å². The summed E-state index contributed by atoms with van der Waals surface area (Å²) in [7, 11) is 0. The molecule has 0 aliphatic heterocycles. The van der Waals surface area contributed by atoms with Crippen LogP contribution in [-0.2, 0) is 17.6 Å². The quantitative estimate of drug-likeness (QED) is 0.550. The molecule has 4 nitrogen and oxygen atoms in total. The number of carboxylic acid groups (broad SMARTS) is 1. The zero-order valence-electron chi connectivity index (χ0n) is 15.2. The van der Waals surface area contributed by atoms with Gasteiger partial charge in [0.15, 0.2) is 11.6 Å². The fraction of sp³-hybridized carbons (Fsp3) is 0.381. The molecule has 0 saturated heterocycles. The van der Waals surface area contributed by atoms with Gasteiger partial charge in [-0.25, -0.2) is 8.78 Å². The number of rotatable bonds is 12. The molecule has 2 aromatic rings. The molecule has 0 atom stereocenters. The van der Waals surface area contributed by atoms with Crippen LogP contribution < -0.4 is 10.1 Å². The van der Waals surface area contributed by atoms with Crippen LogP contribution in [0.4, 0.5) is 8.78 Å². The molecule has 2 rings (SSSR count). The van der Waals surface area contributed by atoms with Gasteiger partial charge in [-0.1, -0.05) is 18.2 Å². The summed E-state index contributed by atoms with van der Waals surface area (Å²) >= 11 is 0. The van der Waals surface area contributed by atoms with Crippen molar-refractivity contribution < 1.29 is 23.4 Å². The minimum atomic E-state index is -0.828. The minimum absolute atomic E-state index is 0.141. The maximum absolute atomic E-state index is 13.1. The first kappa shape index (κ1) is 20.8. The van der Waals surface area contributed by atoms with Gasteiger partial charge in [-0.05, 0) is 67.6 Å². The smallest absolute Gasteiger partial charge is 0.304 e. The Morgan fingerprint density at radius 2 is 1.63 bits per heavy atom. The second-order valence-electron chi connectivity index (χ2n) is 6.34. The van der Waals surface area contributed by atoms with Gasteiger partial charge >= 0.3 is 5.97 Å². The van der Waals surface area contributed by atoms with Crippen molar-refractivity contribution in [3.8, 4) is 5.75 Å². The summed E-state index contributed by atoms with van der Waals surface area (Å²) < 4.78 is 31.7. The first-order valence-corrected chi connectivity index (χ1v) is 9.13. The number of hydrogen-bond acceptors (Lipinski definition) is 3. The van der Waals surface area contributed by atoms with E-state index in [9.17, 15) is 13.6 Å². The molecule has 0 fully saturated rings. The summed E-state index contributed by atoms with van der Waals surface area (Å²) in [6.07, 6.45) is 3.34. The number of aliphatic carboxylic acids is 1. The fourth-order valence-electron chi connectivity index (χ4n) is 2.65. The van der Waals surface area contributed by atoms with Gasteiger partial charge in [-0.3, -0.25) is 4.79 Å². The third-order valence-corrected chi connectivity index (χ3v) is 4.12. The van der Waals surface area contributed by atoms with Crippen molar-refractivity contribution in [3.63, 3.8) is 0 Å². The molecule has 0 aliphatic carbocycles. The molecule has 2 aromatic carbocycles. The summed E-state index contributed by atoms with van der Waals surface area (Å²) in [4.78, 5) is 10.4. The summed E-state index contributed by atoms with van der Waals surface area (Å²) in [5.41, 5.74) is 1.95. The monoisotopic (exact) mass is 377 g/mol. The SMILES string of the molecule is O=C(O)CCNCCCc1ccc(OCCCc2ccc(F)c(F)c2)cc1. The largest absolute Gasteiger partial charge is 0.494 e. The molecule has 0 amide bonds. The van der Waals surface area contributed by atoms with E-state index < -0.39 is 17.6 Å². The Kier molecular flexibility index (Phi) is 8.71. The lowest BCUT2D eigenvalue weighted by Gasteiger charge is -2.08. The van der Waals surface area contributed by atoms with Gasteiger partial charge in [0.25, 0.3) is 0 Å². The van der Waals surface area contributed by atoms with Crippen LogP contribution in [0.15, 0.2) is 42.5 Å². The van der Waals surface area contributed by atoms with Gasteiger partial charge in [-0.15, -0.1) is 0 Å². The average Bonchev–Trinajstić information content (AvgIpc) is 2.65. The first-order chi connectivity index (χ1) is 13.0. The molecule has 2 N–H and O–H groups in total. The average molecular weight is 377 g/mol. The highest BCUT2D eigenvalue weighted by molar-refractivity contribution is 5.66. The number of carboxylic acids is 1. The van der Waals surface area contributed by atoms with Crippen molar-refractivity contribution in [1.29, 1.82) is 0 Å². The van der Waals surface area contributed by atoms with Crippen molar-refractivity contribution in [2.45, 2.75) is 32.1 Å². The van der Waals surface area contributed by atoms with Crippen LogP contribution in [0, 0.1) is 11.6 Å². The minimum Gasteiger partial charge on any atom is -0.494 e. The van der Waals surface area contributed by atoms with E-state index in [1.165, 1.54) is 11.6 Å². The highest BCUT2D eigenvalue weighted by atomic mass is 19.2. The second-order valence-corrected chi connectivity index (χ2v) is 6.34. The Morgan fingerprint density at radius 3 is 2.33 bits per heavy atom. The highest BCUT2D eigenvalue weighted by Gasteiger charge is 2.03. The van der Waals surface area contributed by atoms with E-state index >= 15 is 0 Å². The van der Waals surface area contributed by atoms with Gasteiger partial charge in [0.05, 0.1) is 13.0 Å². The van der Waals surface area contributed by atoms with Gasteiger partial charge in [0.2, 0.25) is 0 Å². The van der Waals surface area contributed by atoms with Crippen LogP contribution in [0.1, 0.15) is 30.4 Å². The highest BCUT2D eigenvalue weighted by Crippen LogP contribution is 2.15. The summed E-state index contributed by atoms with van der Waals surface area (Å²) in [5, 5.41) is 11.7. The lowest BCUT2D eigenvalue weighted by atomic mass is 10.1. The molecule has 0 saturated carbocycles. The van der Waals surface area contributed by atoms with Gasteiger partial charge in [0.1, 0.15) is 5.75 Å². The molecule has 0 aromatic heterocycles. The van der Waals surface area contributed by atoms with E-state index in [0.717, 1.165) is 43.2 Å². The molecule has 0 bridgehead atoms. The standard InChI is InChI=1S/C21H25F2NO3/c22-19-10-7-17(15-20(19)23)4-2-14-27-18-8-5-16(6-9-18)3-1-12-24-13-11-21(25)26/h5-10,15,24H,1-4,11-14H2,(H,25,26). The Labute approximate surface area is 158 Å². The maximum Gasteiger partial charge on any atom is 0.304 e. The van der Waals surface area contributed by atoms with Gasteiger partial charge in [-0.2, -0.15) is 0 Å². The fourth-order valence-corrected chi connectivity index (χ4v) is 2.65. The van der Waals surface area contributed by atoms with E-state index in [0.29, 0.717) is 19.6 Å². The molecular weight excluding hydrogens is 352 g/mol. The predicted octanol–water partition coefficient (Wildman–Crippen LogP) is 3.97. The number of nitrogens with one attached hydrogen (secondary N) is 1. The van der Waals surface area contributed by atoms with Crippen molar-refractivity contribution >= 4 is 5.97 Å².